The number of fused-ring (bicyclic) bond motifs is 1. The molecule has 0 saturated heterocycles. The molecule has 0 radical (unpaired) electrons. The Kier molecular flexibility index (Phi) is 7.95. The number of nitrogens with zero attached hydrogens (tertiary/aromatic N) is 4. The van der Waals surface area contributed by atoms with Gasteiger partial charge in [-0.2, -0.15) is 0 Å². The molecule has 1 atom stereocenters. The van der Waals surface area contributed by atoms with Crippen LogP contribution in [-0.4, -0.2) is 47.3 Å². The standard InChI is InChI=1S/C30H40N6O/c1-8-33-36(25-13-14-31-28(17-25)30(3,4)5)27-18-29(32-19-26(27)20(2)37)34-23-11-9-22-16-24(35(6)7)12-10-21(22)15-23/h9,11,13-15,17-19,24,33H,8,10,12,16H2,1-7H3,(H,32,34). The topological polar surface area (TPSA) is 73.4 Å². The van der Waals surface area contributed by atoms with Gasteiger partial charge in [-0.25, -0.2) is 10.4 Å². The normalized spacial score (nSPS) is 15.4. The highest BCUT2D eigenvalue weighted by atomic mass is 16.1. The van der Waals surface area contributed by atoms with Crippen LogP contribution in [-0.2, 0) is 18.3 Å². The fourth-order valence-corrected chi connectivity index (χ4v) is 4.81. The first kappa shape index (κ1) is 26.8. The average Bonchev–Trinajstić information content (AvgIpc) is 2.86. The number of pyridine rings is 2. The number of rotatable bonds is 8. The number of anilines is 4. The molecule has 0 spiro atoms. The molecule has 0 amide bonds. The number of ketones is 1. The summed E-state index contributed by atoms with van der Waals surface area (Å²) < 4.78 is 0. The molecular weight excluding hydrogens is 460 g/mol. The number of hydrazine groups is 1. The Morgan fingerprint density at radius 2 is 1.86 bits per heavy atom. The van der Waals surface area contributed by atoms with Gasteiger partial charge in [-0.3, -0.25) is 14.8 Å². The Hall–Kier alpha value is -3.29. The van der Waals surface area contributed by atoms with Gasteiger partial charge in [0.15, 0.2) is 5.78 Å². The number of likely N-dealkylation sites (N-methyl/N-ethyl adjacent to an activating group) is 1. The minimum absolute atomic E-state index is 0.0359. The second-order valence-corrected chi connectivity index (χ2v) is 11.1. The number of aryl methyl sites for hydroxylation is 1. The zero-order chi connectivity index (χ0) is 26.7. The van der Waals surface area contributed by atoms with Gasteiger partial charge in [0.2, 0.25) is 0 Å². The van der Waals surface area contributed by atoms with Crippen LogP contribution in [0.3, 0.4) is 0 Å². The predicted molar refractivity (Wildman–Crippen MR) is 152 cm³/mol. The minimum Gasteiger partial charge on any atom is -0.340 e. The van der Waals surface area contributed by atoms with Crippen molar-refractivity contribution in [3.8, 4) is 0 Å². The van der Waals surface area contributed by atoms with E-state index in [9.17, 15) is 4.79 Å². The van der Waals surface area contributed by atoms with Crippen molar-refractivity contribution in [1.29, 1.82) is 0 Å². The summed E-state index contributed by atoms with van der Waals surface area (Å²) in [6.07, 6.45) is 6.80. The number of carbonyl (C=O) groups excluding carboxylic acids is 1. The fourth-order valence-electron chi connectivity index (χ4n) is 4.81. The summed E-state index contributed by atoms with van der Waals surface area (Å²) in [5.41, 5.74) is 10.4. The number of benzene rings is 1. The van der Waals surface area contributed by atoms with Gasteiger partial charge in [0.1, 0.15) is 5.82 Å². The van der Waals surface area contributed by atoms with Gasteiger partial charge in [-0.05, 0) is 75.7 Å². The third kappa shape index (κ3) is 6.17. The second-order valence-electron chi connectivity index (χ2n) is 11.1. The van der Waals surface area contributed by atoms with E-state index in [0.29, 0.717) is 24.0 Å². The number of carbonyl (C=O) groups is 1. The quantitative estimate of drug-likeness (QED) is 0.299. The van der Waals surface area contributed by atoms with Gasteiger partial charge >= 0.3 is 0 Å². The van der Waals surface area contributed by atoms with Gasteiger partial charge in [-0.1, -0.05) is 33.8 Å². The van der Waals surface area contributed by atoms with E-state index >= 15 is 0 Å². The summed E-state index contributed by atoms with van der Waals surface area (Å²) >= 11 is 0. The maximum Gasteiger partial charge on any atom is 0.163 e. The second kappa shape index (κ2) is 11.0. The fraction of sp³-hybridized carbons (Fsp3) is 0.433. The van der Waals surface area contributed by atoms with E-state index in [1.165, 1.54) is 17.5 Å². The molecule has 7 heteroatoms. The predicted octanol–water partition coefficient (Wildman–Crippen LogP) is 5.80. The summed E-state index contributed by atoms with van der Waals surface area (Å²) in [4.78, 5) is 24.1. The van der Waals surface area contributed by atoms with E-state index < -0.39 is 0 Å². The van der Waals surface area contributed by atoms with Crippen LogP contribution >= 0.6 is 0 Å². The lowest BCUT2D eigenvalue weighted by Crippen LogP contribution is -2.35. The van der Waals surface area contributed by atoms with Gasteiger partial charge in [0, 0.05) is 47.8 Å². The van der Waals surface area contributed by atoms with Crippen LogP contribution in [0.2, 0.25) is 0 Å². The lowest BCUT2D eigenvalue weighted by molar-refractivity contribution is 0.101. The molecule has 2 heterocycles. The molecule has 1 unspecified atom stereocenters. The molecule has 0 fully saturated rings. The van der Waals surface area contributed by atoms with Crippen molar-refractivity contribution >= 4 is 28.7 Å². The van der Waals surface area contributed by atoms with Gasteiger partial charge < -0.3 is 10.2 Å². The molecule has 4 rings (SSSR count). The molecule has 7 nitrogen and oxygen atoms in total. The Labute approximate surface area is 221 Å². The minimum atomic E-state index is -0.0960. The number of Topliss-reactive ketones (excluding diaryl/α,β-unsaturated/α-hetero) is 1. The molecule has 0 bridgehead atoms. The summed E-state index contributed by atoms with van der Waals surface area (Å²) in [5, 5.41) is 5.45. The van der Waals surface area contributed by atoms with Crippen LogP contribution in [0.25, 0.3) is 0 Å². The van der Waals surface area contributed by atoms with Crippen molar-refractivity contribution in [1.82, 2.24) is 20.3 Å². The molecule has 0 aliphatic heterocycles. The molecule has 3 aromatic rings. The number of nitrogens with one attached hydrogen (secondary N) is 2. The Morgan fingerprint density at radius 3 is 2.54 bits per heavy atom. The van der Waals surface area contributed by atoms with E-state index in [0.717, 1.165) is 35.6 Å². The molecule has 0 saturated carbocycles. The Bertz CT molecular complexity index is 1260. The van der Waals surface area contributed by atoms with Gasteiger partial charge in [0.05, 0.1) is 16.9 Å². The number of hydrogen-bond acceptors (Lipinski definition) is 7. The SMILES string of the molecule is CCNN(c1ccnc(C(C)(C)C)c1)c1cc(Nc2ccc3c(c2)CCC(N(C)C)C3)ncc1C(C)=O. The molecule has 196 valence electrons. The first-order chi connectivity index (χ1) is 17.6. The molecule has 2 aromatic heterocycles. The summed E-state index contributed by atoms with van der Waals surface area (Å²) in [5.74, 6) is 0.654. The lowest BCUT2D eigenvalue weighted by atomic mass is 9.87. The smallest absolute Gasteiger partial charge is 0.163 e. The first-order valence-corrected chi connectivity index (χ1v) is 13.1. The zero-order valence-electron chi connectivity index (χ0n) is 23.2. The summed E-state index contributed by atoms with van der Waals surface area (Å²) in [7, 11) is 4.32. The van der Waals surface area contributed by atoms with Crippen LogP contribution < -0.4 is 15.8 Å². The molecule has 37 heavy (non-hydrogen) atoms. The van der Waals surface area contributed by atoms with Crippen LogP contribution in [0.4, 0.5) is 22.9 Å². The monoisotopic (exact) mass is 500 g/mol. The third-order valence-corrected chi connectivity index (χ3v) is 7.00. The first-order valence-electron chi connectivity index (χ1n) is 13.1. The molecular formula is C30H40N6O. The number of hydrogen-bond donors (Lipinski definition) is 2. The Balaban J connectivity index is 1.68. The van der Waals surface area contributed by atoms with Crippen LogP contribution in [0.1, 0.15) is 68.2 Å². The summed E-state index contributed by atoms with van der Waals surface area (Å²) in [6, 6.07) is 13.2. The highest BCUT2D eigenvalue weighted by molar-refractivity contribution is 6.00. The van der Waals surface area contributed by atoms with Crippen molar-refractivity contribution < 1.29 is 4.79 Å². The van der Waals surface area contributed by atoms with Crippen molar-refractivity contribution in [2.75, 3.05) is 31.0 Å². The van der Waals surface area contributed by atoms with E-state index in [1.807, 2.05) is 30.3 Å². The lowest BCUT2D eigenvalue weighted by Gasteiger charge is -2.30. The molecule has 2 N–H and O–H groups in total. The highest BCUT2D eigenvalue weighted by Gasteiger charge is 2.22. The third-order valence-electron chi connectivity index (χ3n) is 7.00. The molecule has 1 aromatic carbocycles. The van der Waals surface area contributed by atoms with Crippen LogP contribution in [0, 0.1) is 0 Å². The highest BCUT2D eigenvalue weighted by Crippen LogP contribution is 2.33. The maximum absolute atomic E-state index is 12.6. The van der Waals surface area contributed by atoms with E-state index in [2.05, 4.69) is 84.7 Å². The van der Waals surface area contributed by atoms with E-state index in [4.69, 9.17) is 0 Å². The zero-order valence-corrected chi connectivity index (χ0v) is 23.2. The van der Waals surface area contributed by atoms with Crippen molar-refractivity contribution in [2.24, 2.45) is 0 Å². The largest absolute Gasteiger partial charge is 0.340 e. The van der Waals surface area contributed by atoms with Crippen LogP contribution in [0.5, 0.6) is 0 Å². The van der Waals surface area contributed by atoms with Gasteiger partial charge in [0.25, 0.3) is 0 Å². The molecule has 1 aliphatic carbocycles. The van der Waals surface area contributed by atoms with Crippen molar-refractivity contribution in [3.63, 3.8) is 0 Å². The maximum atomic E-state index is 12.6. The number of aromatic nitrogens is 2. The van der Waals surface area contributed by atoms with Crippen molar-refractivity contribution in [2.45, 2.75) is 65.3 Å². The average molecular weight is 501 g/mol. The summed E-state index contributed by atoms with van der Waals surface area (Å²) in [6.45, 7) is 10.7. The van der Waals surface area contributed by atoms with Gasteiger partial charge in [-0.15, -0.1) is 0 Å². The van der Waals surface area contributed by atoms with Crippen molar-refractivity contribution in [3.05, 3.63) is 71.2 Å². The van der Waals surface area contributed by atoms with Crippen LogP contribution in [0.15, 0.2) is 48.8 Å². The van der Waals surface area contributed by atoms with E-state index in [1.54, 1.807) is 13.1 Å². The Morgan fingerprint density at radius 1 is 1.08 bits per heavy atom. The van der Waals surface area contributed by atoms with E-state index in [-0.39, 0.29) is 11.2 Å². The molecule has 1 aliphatic rings.